The van der Waals surface area contributed by atoms with Gasteiger partial charge in [0.25, 0.3) is 5.91 Å². The molecule has 1 fully saturated rings. The monoisotopic (exact) mass is 558 g/mol. The number of rotatable bonds is 14. The number of hydrogen-bond acceptors (Lipinski definition) is 6. The molecule has 1 aliphatic rings. The van der Waals surface area contributed by atoms with Crippen LogP contribution in [-0.2, 0) is 29.1 Å². The number of hydrogen-bond donors (Lipinski definition) is 2. The highest BCUT2D eigenvalue weighted by Gasteiger charge is 2.31. The number of carbonyl (C=O) groups excluding carboxylic acids is 2. The summed E-state index contributed by atoms with van der Waals surface area (Å²) in [7, 11) is 0. The Labute approximate surface area is 243 Å². The minimum Gasteiger partial charge on any atom is -0.493 e. The number of aryl methyl sites for hydroxylation is 1. The average molecular weight is 559 g/mol. The first-order valence-corrected chi connectivity index (χ1v) is 14.6. The van der Waals surface area contributed by atoms with Crippen LogP contribution in [0.4, 0.5) is 0 Å². The highest BCUT2D eigenvalue weighted by atomic mass is 16.5. The summed E-state index contributed by atoms with van der Waals surface area (Å²) in [4.78, 5) is 32.1. The van der Waals surface area contributed by atoms with E-state index in [0.29, 0.717) is 31.9 Å². The fraction of sp³-hybridized carbons (Fsp3) is 0.424. The van der Waals surface area contributed by atoms with Gasteiger partial charge in [0.2, 0.25) is 5.91 Å². The third kappa shape index (κ3) is 9.32. The van der Waals surface area contributed by atoms with Gasteiger partial charge in [-0.1, -0.05) is 31.2 Å². The Morgan fingerprint density at radius 1 is 1.02 bits per heavy atom. The lowest BCUT2D eigenvalue weighted by Crippen LogP contribution is -2.49. The zero-order valence-corrected chi connectivity index (χ0v) is 24.2. The summed E-state index contributed by atoms with van der Waals surface area (Å²) in [5.41, 5.74) is 4.36. The Hall–Kier alpha value is -3.91. The second-order valence-corrected chi connectivity index (χ2v) is 10.5. The van der Waals surface area contributed by atoms with Gasteiger partial charge in [-0.3, -0.25) is 14.6 Å². The quantitative estimate of drug-likeness (QED) is 0.281. The van der Waals surface area contributed by atoms with Crippen molar-refractivity contribution in [1.82, 2.24) is 20.5 Å². The molecule has 0 saturated carbocycles. The molecule has 2 aromatic carbocycles. The fourth-order valence-corrected chi connectivity index (χ4v) is 4.92. The molecule has 0 radical (unpaired) electrons. The van der Waals surface area contributed by atoms with Gasteiger partial charge < -0.3 is 25.0 Å². The van der Waals surface area contributed by atoms with Crippen LogP contribution >= 0.6 is 0 Å². The molecule has 4 rings (SSSR count). The minimum atomic E-state index is -0.523. The molecule has 3 aromatic rings. The highest BCUT2D eigenvalue weighted by molar-refractivity contribution is 5.88. The third-order valence-corrected chi connectivity index (χ3v) is 7.21. The van der Waals surface area contributed by atoms with Crippen LogP contribution in [0.15, 0.2) is 67.0 Å². The topological polar surface area (TPSA) is 92.8 Å². The van der Waals surface area contributed by atoms with Crippen molar-refractivity contribution in [1.29, 1.82) is 0 Å². The van der Waals surface area contributed by atoms with Crippen molar-refractivity contribution >= 4 is 11.8 Å². The van der Waals surface area contributed by atoms with Crippen LogP contribution in [0.5, 0.6) is 11.5 Å². The van der Waals surface area contributed by atoms with Gasteiger partial charge in [0.15, 0.2) is 6.61 Å². The van der Waals surface area contributed by atoms with Gasteiger partial charge >= 0.3 is 0 Å². The first-order chi connectivity index (χ1) is 20.0. The Balaban J connectivity index is 1.34. The Kier molecular flexibility index (Phi) is 11.6. The van der Waals surface area contributed by atoms with Crippen molar-refractivity contribution in [2.75, 3.05) is 26.3 Å². The SMILES string of the molecule is CCCOc1ccc(CN(C(=O)COc2ccc(CNCCc3ccncc3)cc2)[C@H]2CCCCNC2=O)cc1C. The molecule has 41 heavy (non-hydrogen) atoms. The highest BCUT2D eigenvalue weighted by Crippen LogP contribution is 2.23. The number of aromatic nitrogens is 1. The van der Waals surface area contributed by atoms with E-state index in [9.17, 15) is 9.59 Å². The zero-order chi connectivity index (χ0) is 28.9. The Bertz CT molecular complexity index is 1250. The molecule has 1 aliphatic heterocycles. The van der Waals surface area contributed by atoms with Crippen LogP contribution in [0.25, 0.3) is 0 Å². The van der Waals surface area contributed by atoms with Gasteiger partial charge in [0.05, 0.1) is 6.61 Å². The molecular weight excluding hydrogens is 516 g/mol. The molecule has 0 aliphatic carbocycles. The van der Waals surface area contributed by atoms with Crippen molar-refractivity contribution in [3.8, 4) is 11.5 Å². The van der Waals surface area contributed by atoms with Crippen molar-refractivity contribution in [2.45, 2.75) is 65.1 Å². The van der Waals surface area contributed by atoms with Crippen molar-refractivity contribution in [3.05, 3.63) is 89.2 Å². The van der Waals surface area contributed by atoms with Crippen LogP contribution in [-0.4, -0.2) is 54.0 Å². The minimum absolute atomic E-state index is 0.101. The van der Waals surface area contributed by atoms with E-state index in [0.717, 1.165) is 61.2 Å². The predicted molar refractivity (Wildman–Crippen MR) is 160 cm³/mol. The summed E-state index contributed by atoms with van der Waals surface area (Å²) in [6.07, 6.45) is 7.93. The summed E-state index contributed by atoms with van der Waals surface area (Å²) in [5.74, 6) is 1.16. The molecule has 218 valence electrons. The molecule has 8 nitrogen and oxygen atoms in total. The number of nitrogens with one attached hydrogen (secondary N) is 2. The van der Waals surface area contributed by atoms with Crippen LogP contribution in [0.3, 0.4) is 0 Å². The van der Waals surface area contributed by atoms with Crippen LogP contribution in [0.2, 0.25) is 0 Å². The molecule has 1 saturated heterocycles. The molecule has 2 N–H and O–H groups in total. The Morgan fingerprint density at radius 3 is 2.56 bits per heavy atom. The molecule has 2 amide bonds. The molecule has 0 spiro atoms. The molecule has 0 unspecified atom stereocenters. The van der Waals surface area contributed by atoms with E-state index in [1.54, 1.807) is 4.90 Å². The second-order valence-electron chi connectivity index (χ2n) is 10.5. The largest absolute Gasteiger partial charge is 0.493 e. The maximum absolute atomic E-state index is 13.5. The summed E-state index contributed by atoms with van der Waals surface area (Å²) < 4.78 is 11.7. The number of benzene rings is 2. The molecule has 2 heterocycles. The zero-order valence-electron chi connectivity index (χ0n) is 24.2. The van der Waals surface area contributed by atoms with E-state index >= 15 is 0 Å². The summed E-state index contributed by atoms with van der Waals surface area (Å²) in [6, 6.07) is 17.2. The number of amides is 2. The van der Waals surface area contributed by atoms with Crippen molar-refractivity contribution in [2.24, 2.45) is 0 Å². The number of pyridine rings is 1. The van der Waals surface area contributed by atoms with Crippen LogP contribution in [0, 0.1) is 6.92 Å². The summed E-state index contributed by atoms with van der Waals surface area (Å²) in [6.45, 7) is 7.19. The van der Waals surface area contributed by atoms with Gasteiger partial charge in [0.1, 0.15) is 17.5 Å². The fourth-order valence-electron chi connectivity index (χ4n) is 4.92. The molecular formula is C33H42N4O4. The predicted octanol–water partition coefficient (Wildman–Crippen LogP) is 4.59. The van der Waals surface area contributed by atoms with Gasteiger partial charge in [0, 0.05) is 32.0 Å². The van der Waals surface area contributed by atoms with Gasteiger partial charge in [-0.15, -0.1) is 0 Å². The van der Waals surface area contributed by atoms with E-state index in [2.05, 4.69) is 22.5 Å². The number of ether oxygens (including phenoxy) is 2. The van der Waals surface area contributed by atoms with E-state index in [-0.39, 0.29) is 18.4 Å². The molecule has 1 aromatic heterocycles. The number of nitrogens with zero attached hydrogens (tertiary/aromatic N) is 2. The lowest BCUT2D eigenvalue weighted by atomic mass is 10.1. The molecule has 8 heteroatoms. The van der Waals surface area contributed by atoms with E-state index in [4.69, 9.17) is 9.47 Å². The average Bonchev–Trinajstić information content (AvgIpc) is 3.21. The van der Waals surface area contributed by atoms with E-state index in [1.165, 1.54) is 5.56 Å². The first-order valence-electron chi connectivity index (χ1n) is 14.6. The van der Waals surface area contributed by atoms with E-state index < -0.39 is 6.04 Å². The number of carbonyl (C=O) groups is 2. The van der Waals surface area contributed by atoms with Gasteiger partial charge in [-0.25, -0.2) is 0 Å². The molecule has 0 bridgehead atoms. The Morgan fingerprint density at radius 2 is 1.80 bits per heavy atom. The van der Waals surface area contributed by atoms with Crippen molar-refractivity contribution in [3.63, 3.8) is 0 Å². The maximum atomic E-state index is 13.5. The van der Waals surface area contributed by atoms with Crippen LogP contribution < -0.4 is 20.1 Å². The summed E-state index contributed by atoms with van der Waals surface area (Å²) >= 11 is 0. The first kappa shape index (κ1) is 30.1. The summed E-state index contributed by atoms with van der Waals surface area (Å²) in [5, 5.41) is 6.42. The smallest absolute Gasteiger partial charge is 0.261 e. The lowest BCUT2D eigenvalue weighted by molar-refractivity contribution is -0.142. The van der Waals surface area contributed by atoms with Crippen molar-refractivity contribution < 1.29 is 19.1 Å². The van der Waals surface area contributed by atoms with Gasteiger partial charge in [-0.05, 0) is 98.2 Å². The standard InChI is InChI=1S/C33H42N4O4/c1-3-20-40-31-12-9-28(21-25(31)2)23-37(30-6-4-5-16-36-33(30)39)32(38)24-41-29-10-7-27(8-11-29)22-35-19-15-26-13-17-34-18-14-26/h7-14,17-18,21,30,35H,3-6,15-16,19-20,22-24H2,1-2H3,(H,36,39)/t30-/m0/s1. The molecule has 1 atom stereocenters. The third-order valence-electron chi connectivity index (χ3n) is 7.21. The van der Waals surface area contributed by atoms with Gasteiger partial charge in [-0.2, -0.15) is 0 Å². The maximum Gasteiger partial charge on any atom is 0.261 e. The second kappa shape index (κ2) is 15.8. The van der Waals surface area contributed by atoms with Crippen LogP contribution in [0.1, 0.15) is 54.9 Å². The normalized spacial score (nSPS) is 15.1. The lowest BCUT2D eigenvalue weighted by Gasteiger charge is -2.30. The van der Waals surface area contributed by atoms with E-state index in [1.807, 2.05) is 73.9 Å².